The highest BCUT2D eigenvalue weighted by atomic mass is 14.9. The molecule has 0 unspecified atom stereocenters. The Hall–Kier alpha value is -0.980. The van der Waals surface area contributed by atoms with Crippen molar-refractivity contribution in [1.82, 2.24) is 0 Å². The molecule has 0 spiro atoms. The number of anilines is 1. The Balaban J connectivity index is 2.56. The Kier molecular flexibility index (Phi) is 2.03. The highest BCUT2D eigenvalue weighted by Gasteiger charge is 2.17. The van der Waals surface area contributed by atoms with Gasteiger partial charge in [0.1, 0.15) is 0 Å². The van der Waals surface area contributed by atoms with E-state index in [0.717, 1.165) is 6.54 Å². The van der Waals surface area contributed by atoms with Crippen molar-refractivity contribution in [2.75, 3.05) is 11.9 Å². The van der Waals surface area contributed by atoms with Gasteiger partial charge in [0, 0.05) is 12.2 Å². The molecule has 0 fully saturated rings. The summed E-state index contributed by atoms with van der Waals surface area (Å²) in [6, 6.07) is 4.51. The summed E-state index contributed by atoms with van der Waals surface area (Å²) in [5.74, 6) is 0.647. The van der Waals surface area contributed by atoms with Crippen molar-refractivity contribution in [2.24, 2.45) is 0 Å². The van der Waals surface area contributed by atoms with Crippen LogP contribution in [0, 0.1) is 6.92 Å². The predicted octanol–water partition coefficient (Wildman–Crippen LogP) is 3.09. The topological polar surface area (TPSA) is 12.0 Å². The molecule has 0 atom stereocenters. The molecule has 1 aromatic rings. The molecule has 0 radical (unpaired) electrons. The first-order valence-electron chi connectivity index (χ1n) is 5.06. The number of nitrogens with one attached hydrogen (secondary N) is 1. The molecule has 0 aromatic heterocycles. The zero-order chi connectivity index (χ0) is 9.42. The second-order valence-electron chi connectivity index (χ2n) is 4.16. The second-order valence-corrected chi connectivity index (χ2v) is 4.16. The Morgan fingerprint density at radius 3 is 2.77 bits per heavy atom. The van der Waals surface area contributed by atoms with Gasteiger partial charge in [-0.25, -0.2) is 0 Å². The van der Waals surface area contributed by atoms with E-state index in [4.69, 9.17) is 0 Å². The van der Waals surface area contributed by atoms with E-state index in [1.165, 1.54) is 23.2 Å². The fraction of sp³-hybridized carbons (Fsp3) is 0.500. The van der Waals surface area contributed by atoms with Crippen molar-refractivity contribution in [3.8, 4) is 0 Å². The van der Waals surface area contributed by atoms with Gasteiger partial charge >= 0.3 is 0 Å². The zero-order valence-electron chi connectivity index (χ0n) is 8.65. The molecule has 1 nitrogen and oxygen atoms in total. The minimum Gasteiger partial charge on any atom is -0.384 e. The normalized spacial score (nSPS) is 14.5. The first-order chi connectivity index (χ1) is 6.20. The van der Waals surface area contributed by atoms with Crippen molar-refractivity contribution < 1.29 is 0 Å². The van der Waals surface area contributed by atoms with Crippen LogP contribution in [-0.2, 0) is 6.42 Å². The van der Waals surface area contributed by atoms with Crippen LogP contribution in [0.25, 0.3) is 0 Å². The first kappa shape index (κ1) is 8.61. The predicted molar refractivity (Wildman–Crippen MR) is 57.5 cm³/mol. The summed E-state index contributed by atoms with van der Waals surface area (Å²) >= 11 is 0. The molecule has 1 heterocycles. The highest BCUT2D eigenvalue weighted by Crippen LogP contribution is 2.32. The quantitative estimate of drug-likeness (QED) is 0.691. The monoisotopic (exact) mass is 175 g/mol. The van der Waals surface area contributed by atoms with E-state index in [1.807, 2.05) is 0 Å². The molecule has 0 aliphatic carbocycles. The summed E-state index contributed by atoms with van der Waals surface area (Å²) in [4.78, 5) is 0. The summed E-state index contributed by atoms with van der Waals surface area (Å²) < 4.78 is 0. The van der Waals surface area contributed by atoms with Gasteiger partial charge in [0.2, 0.25) is 0 Å². The van der Waals surface area contributed by atoms with Gasteiger partial charge in [0.25, 0.3) is 0 Å². The second kappa shape index (κ2) is 3.06. The molecule has 1 aliphatic heterocycles. The first-order valence-corrected chi connectivity index (χ1v) is 5.06. The van der Waals surface area contributed by atoms with Crippen molar-refractivity contribution in [3.63, 3.8) is 0 Å². The van der Waals surface area contributed by atoms with E-state index in [0.29, 0.717) is 5.92 Å². The van der Waals surface area contributed by atoms with Gasteiger partial charge < -0.3 is 5.32 Å². The van der Waals surface area contributed by atoms with E-state index in [1.54, 1.807) is 5.56 Å². The van der Waals surface area contributed by atoms with Crippen LogP contribution < -0.4 is 5.32 Å². The van der Waals surface area contributed by atoms with Crippen molar-refractivity contribution in [3.05, 3.63) is 28.8 Å². The Morgan fingerprint density at radius 1 is 1.31 bits per heavy atom. The molecule has 13 heavy (non-hydrogen) atoms. The fourth-order valence-corrected chi connectivity index (χ4v) is 2.15. The third kappa shape index (κ3) is 1.32. The minimum absolute atomic E-state index is 0.647. The van der Waals surface area contributed by atoms with E-state index >= 15 is 0 Å². The average Bonchev–Trinajstić information content (AvgIpc) is 2.53. The van der Waals surface area contributed by atoms with Crippen LogP contribution >= 0.6 is 0 Å². The fourth-order valence-electron chi connectivity index (χ4n) is 2.15. The number of aryl methyl sites for hydroxylation is 1. The molecule has 70 valence electrons. The molecule has 1 aromatic carbocycles. The van der Waals surface area contributed by atoms with Crippen LogP contribution in [0.4, 0.5) is 5.69 Å². The van der Waals surface area contributed by atoms with Gasteiger partial charge in [0.05, 0.1) is 0 Å². The lowest BCUT2D eigenvalue weighted by atomic mass is 9.94. The molecule has 1 heteroatoms. The number of fused-ring (bicyclic) bond motifs is 1. The molecule has 0 amide bonds. The number of hydrogen-bond donors (Lipinski definition) is 1. The minimum atomic E-state index is 0.647. The van der Waals surface area contributed by atoms with Crippen LogP contribution in [0.2, 0.25) is 0 Å². The van der Waals surface area contributed by atoms with Gasteiger partial charge in [-0.2, -0.15) is 0 Å². The zero-order valence-corrected chi connectivity index (χ0v) is 8.65. The summed E-state index contributed by atoms with van der Waals surface area (Å²) in [5.41, 5.74) is 5.85. The summed E-state index contributed by atoms with van der Waals surface area (Å²) in [6.07, 6.45) is 1.20. The summed E-state index contributed by atoms with van der Waals surface area (Å²) in [6.45, 7) is 7.83. The Labute approximate surface area is 80.2 Å². The van der Waals surface area contributed by atoms with E-state index < -0.39 is 0 Å². The highest BCUT2D eigenvalue weighted by molar-refractivity contribution is 5.63. The standard InChI is InChI=1S/C12H17N/c1-8(2)10-5-4-9(3)12-11(10)6-7-13-12/h4-5,8,13H,6-7H2,1-3H3. The van der Waals surface area contributed by atoms with Gasteiger partial charge in [-0.1, -0.05) is 26.0 Å². The van der Waals surface area contributed by atoms with Gasteiger partial charge in [0.15, 0.2) is 0 Å². The molecule has 0 saturated heterocycles. The van der Waals surface area contributed by atoms with Gasteiger partial charge in [-0.05, 0) is 36.0 Å². The smallest absolute Gasteiger partial charge is 0.0406 e. The molecule has 0 bridgehead atoms. The molecule has 2 rings (SSSR count). The third-order valence-electron chi connectivity index (χ3n) is 2.86. The molecule has 1 aliphatic rings. The van der Waals surface area contributed by atoms with Crippen molar-refractivity contribution >= 4 is 5.69 Å². The molecule has 0 saturated carbocycles. The maximum absolute atomic E-state index is 3.46. The van der Waals surface area contributed by atoms with Gasteiger partial charge in [-0.3, -0.25) is 0 Å². The maximum atomic E-state index is 3.46. The lowest BCUT2D eigenvalue weighted by Crippen LogP contribution is -1.95. The number of hydrogen-bond acceptors (Lipinski definition) is 1. The SMILES string of the molecule is Cc1ccc(C(C)C)c2c1NCC2. The summed E-state index contributed by atoms with van der Waals surface area (Å²) in [5, 5.41) is 3.46. The van der Waals surface area contributed by atoms with Crippen LogP contribution in [-0.4, -0.2) is 6.54 Å². The van der Waals surface area contributed by atoms with E-state index in [-0.39, 0.29) is 0 Å². The van der Waals surface area contributed by atoms with Crippen LogP contribution in [0.15, 0.2) is 12.1 Å². The van der Waals surface area contributed by atoms with Crippen molar-refractivity contribution in [1.29, 1.82) is 0 Å². The van der Waals surface area contributed by atoms with Crippen LogP contribution in [0.1, 0.15) is 36.5 Å². The molecular formula is C12H17N. The number of rotatable bonds is 1. The average molecular weight is 175 g/mol. The van der Waals surface area contributed by atoms with Crippen molar-refractivity contribution in [2.45, 2.75) is 33.1 Å². The Bertz CT molecular complexity index is 326. The van der Waals surface area contributed by atoms with Gasteiger partial charge in [-0.15, -0.1) is 0 Å². The van der Waals surface area contributed by atoms with Crippen LogP contribution in [0.5, 0.6) is 0 Å². The van der Waals surface area contributed by atoms with Crippen LogP contribution in [0.3, 0.4) is 0 Å². The summed E-state index contributed by atoms with van der Waals surface area (Å²) in [7, 11) is 0. The third-order valence-corrected chi connectivity index (χ3v) is 2.86. The maximum Gasteiger partial charge on any atom is 0.0406 e. The van der Waals surface area contributed by atoms with E-state index in [9.17, 15) is 0 Å². The molecule has 1 N–H and O–H groups in total. The number of benzene rings is 1. The largest absolute Gasteiger partial charge is 0.384 e. The Morgan fingerprint density at radius 2 is 2.08 bits per heavy atom. The molecular weight excluding hydrogens is 158 g/mol. The van der Waals surface area contributed by atoms with E-state index in [2.05, 4.69) is 38.2 Å². The lowest BCUT2D eigenvalue weighted by molar-refractivity contribution is 0.849. The lowest BCUT2D eigenvalue weighted by Gasteiger charge is -2.12.